The molecule has 2 rings (SSSR count). The average Bonchev–Trinajstić information content (AvgIpc) is 2.40. The van der Waals surface area contributed by atoms with Crippen molar-refractivity contribution in [2.45, 2.75) is 58.8 Å². The van der Waals surface area contributed by atoms with Crippen LogP contribution in [0.4, 0.5) is 0 Å². The van der Waals surface area contributed by atoms with Crippen molar-refractivity contribution in [2.24, 2.45) is 5.41 Å². The average molecular weight is 259 g/mol. The molecule has 0 aromatic heterocycles. The fourth-order valence-corrected chi connectivity index (χ4v) is 3.50. The quantitative estimate of drug-likeness (QED) is 0.742. The first-order valence-corrected chi connectivity index (χ1v) is 8.00. The molecule has 0 bridgehead atoms. The second kappa shape index (κ2) is 7.09. The molecule has 0 spiro atoms. The summed E-state index contributed by atoms with van der Waals surface area (Å²) in [5, 5.41) is 3.68. The molecule has 0 amide bonds. The molecule has 1 nitrogen and oxygen atoms in total. The molecule has 1 N–H and O–H groups in total. The third kappa shape index (κ3) is 4.35. The predicted octanol–water partition coefficient (Wildman–Crippen LogP) is 4.49. The summed E-state index contributed by atoms with van der Waals surface area (Å²) >= 11 is 0. The van der Waals surface area contributed by atoms with Crippen LogP contribution in [0.5, 0.6) is 0 Å². The largest absolute Gasteiger partial charge is 0.316 e. The highest BCUT2D eigenvalue weighted by molar-refractivity contribution is 5.23. The first kappa shape index (κ1) is 14.6. The van der Waals surface area contributed by atoms with Crippen LogP contribution in [0.3, 0.4) is 0 Å². The Hall–Kier alpha value is -0.820. The predicted molar refractivity (Wildman–Crippen MR) is 83.6 cm³/mol. The van der Waals surface area contributed by atoms with Crippen molar-refractivity contribution >= 4 is 0 Å². The molecule has 0 radical (unpaired) electrons. The maximum absolute atomic E-state index is 3.68. The van der Waals surface area contributed by atoms with Gasteiger partial charge in [-0.2, -0.15) is 0 Å². The molecule has 19 heavy (non-hydrogen) atoms. The summed E-state index contributed by atoms with van der Waals surface area (Å²) in [5.74, 6) is 0. The Bertz CT molecular complexity index is 377. The lowest BCUT2D eigenvalue weighted by atomic mass is 9.70. The van der Waals surface area contributed by atoms with E-state index < -0.39 is 0 Å². The lowest BCUT2D eigenvalue weighted by Crippen LogP contribution is -2.38. The van der Waals surface area contributed by atoms with Crippen LogP contribution in [0.15, 0.2) is 24.3 Å². The highest BCUT2D eigenvalue weighted by atomic mass is 14.9. The Morgan fingerprint density at radius 2 is 1.95 bits per heavy atom. The molecule has 106 valence electrons. The van der Waals surface area contributed by atoms with E-state index in [2.05, 4.69) is 43.4 Å². The summed E-state index contributed by atoms with van der Waals surface area (Å²) in [4.78, 5) is 0. The zero-order chi connectivity index (χ0) is 13.6. The summed E-state index contributed by atoms with van der Waals surface area (Å²) in [5.41, 5.74) is 3.44. The van der Waals surface area contributed by atoms with Crippen molar-refractivity contribution in [1.29, 1.82) is 0 Å². The molecule has 1 aliphatic carbocycles. The maximum atomic E-state index is 3.68. The lowest BCUT2D eigenvalue weighted by Gasteiger charge is -2.38. The number of benzene rings is 1. The minimum atomic E-state index is 0.515. The number of hydrogen-bond acceptors (Lipinski definition) is 1. The van der Waals surface area contributed by atoms with Crippen molar-refractivity contribution < 1.29 is 0 Å². The number of nitrogens with one attached hydrogen (secondary N) is 1. The van der Waals surface area contributed by atoms with E-state index in [0.29, 0.717) is 5.41 Å². The molecular weight excluding hydrogens is 230 g/mol. The molecule has 1 aromatic rings. The Labute approximate surface area is 118 Å². The van der Waals surface area contributed by atoms with Gasteiger partial charge in [-0.1, -0.05) is 56.0 Å². The van der Waals surface area contributed by atoms with Crippen LogP contribution in [0.25, 0.3) is 0 Å². The molecular formula is C18H29N. The van der Waals surface area contributed by atoms with Gasteiger partial charge in [0.25, 0.3) is 0 Å². The van der Waals surface area contributed by atoms with Gasteiger partial charge in [0.2, 0.25) is 0 Å². The van der Waals surface area contributed by atoms with Gasteiger partial charge in [0.1, 0.15) is 0 Å². The van der Waals surface area contributed by atoms with Crippen LogP contribution in [-0.4, -0.2) is 13.1 Å². The second-order valence-electron chi connectivity index (χ2n) is 6.40. The monoisotopic (exact) mass is 259 g/mol. The van der Waals surface area contributed by atoms with Crippen LogP contribution in [0.2, 0.25) is 0 Å². The van der Waals surface area contributed by atoms with Gasteiger partial charge < -0.3 is 5.32 Å². The van der Waals surface area contributed by atoms with E-state index >= 15 is 0 Å². The summed E-state index contributed by atoms with van der Waals surface area (Å²) in [6.07, 6.45) is 9.56. The van der Waals surface area contributed by atoms with Crippen molar-refractivity contribution in [2.75, 3.05) is 13.1 Å². The summed E-state index contributed by atoms with van der Waals surface area (Å²) < 4.78 is 0. The van der Waals surface area contributed by atoms with Gasteiger partial charge in [-0.15, -0.1) is 0 Å². The summed E-state index contributed by atoms with van der Waals surface area (Å²) in [7, 11) is 0. The minimum Gasteiger partial charge on any atom is -0.316 e. The van der Waals surface area contributed by atoms with Crippen LogP contribution in [0, 0.1) is 12.3 Å². The van der Waals surface area contributed by atoms with Crippen molar-refractivity contribution in [1.82, 2.24) is 5.32 Å². The minimum absolute atomic E-state index is 0.515. The van der Waals surface area contributed by atoms with Gasteiger partial charge in [0.15, 0.2) is 0 Å². The molecule has 0 aliphatic heterocycles. The molecule has 1 aromatic carbocycles. The summed E-state index contributed by atoms with van der Waals surface area (Å²) in [6, 6.07) is 9.09. The second-order valence-corrected chi connectivity index (χ2v) is 6.40. The van der Waals surface area contributed by atoms with Gasteiger partial charge in [-0.05, 0) is 50.1 Å². The number of rotatable bonds is 6. The van der Waals surface area contributed by atoms with E-state index in [4.69, 9.17) is 0 Å². The van der Waals surface area contributed by atoms with Gasteiger partial charge in [0.05, 0.1) is 0 Å². The Balaban J connectivity index is 2.04. The van der Waals surface area contributed by atoms with Crippen LogP contribution >= 0.6 is 0 Å². The van der Waals surface area contributed by atoms with E-state index in [0.717, 1.165) is 6.54 Å². The molecule has 0 heterocycles. The van der Waals surface area contributed by atoms with Gasteiger partial charge in [0, 0.05) is 6.54 Å². The third-order valence-electron chi connectivity index (χ3n) is 4.50. The highest BCUT2D eigenvalue weighted by Crippen LogP contribution is 2.38. The van der Waals surface area contributed by atoms with Crippen LogP contribution in [0.1, 0.15) is 56.6 Å². The van der Waals surface area contributed by atoms with E-state index in [1.54, 1.807) is 0 Å². The number of aryl methyl sites for hydroxylation is 1. The first-order valence-electron chi connectivity index (χ1n) is 8.00. The molecule has 1 saturated carbocycles. The Kier molecular flexibility index (Phi) is 5.45. The molecule has 0 atom stereocenters. The Morgan fingerprint density at radius 3 is 2.63 bits per heavy atom. The van der Waals surface area contributed by atoms with E-state index in [1.165, 1.54) is 62.6 Å². The third-order valence-corrected chi connectivity index (χ3v) is 4.50. The first-order chi connectivity index (χ1) is 9.24. The van der Waals surface area contributed by atoms with Gasteiger partial charge in [-0.25, -0.2) is 0 Å². The van der Waals surface area contributed by atoms with E-state index in [9.17, 15) is 0 Å². The fourth-order valence-electron chi connectivity index (χ4n) is 3.50. The lowest BCUT2D eigenvalue weighted by molar-refractivity contribution is 0.181. The Morgan fingerprint density at radius 1 is 1.16 bits per heavy atom. The zero-order valence-electron chi connectivity index (χ0n) is 12.7. The topological polar surface area (TPSA) is 12.0 Å². The fraction of sp³-hybridized carbons (Fsp3) is 0.667. The van der Waals surface area contributed by atoms with Crippen molar-refractivity contribution in [3.05, 3.63) is 35.4 Å². The van der Waals surface area contributed by atoms with Crippen molar-refractivity contribution in [3.8, 4) is 0 Å². The van der Waals surface area contributed by atoms with Crippen molar-refractivity contribution in [3.63, 3.8) is 0 Å². The molecule has 1 fully saturated rings. The van der Waals surface area contributed by atoms with Gasteiger partial charge in [-0.3, -0.25) is 0 Å². The van der Waals surface area contributed by atoms with E-state index in [1.807, 2.05) is 0 Å². The summed E-state index contributed by atoms with van der Waals surface area (Å²) in [6.45, 7) is 6.82. The van der Waals surface area contributed by atoms with Crippen LogP contribution in [-0.2, 0) is 6.42 Å². The SMILES string of the molecule is CCCNCC1(Cc2cccc(C)c2)CCCCC1. The zero-order valence-corrected chi connectivity index (χ0v) is 12.7. The molecule has 1 heteroatoms. The maximum Gasteiger partial charge on any atom is 0.00110 e. The molecule has 0 unspecified atom stereocenters. The normalized spacial score (nSPS) is 18.4. The molecule has 1 aliphatic rings. The van der Waals surface area contributed by atoms with Gasteiger partial charge >= 0.3 is 0 Å². The smallest absolute Gasteiger partial charge is 0.00110 e. The van der Waals surface area contributed by atoms with Crippen LogP contribution < -0.4 is 5.32 Å². The highest BCUT2D eigenvalue weighted by Gasteiger charge is 2.31. The standard InChI is InChI=1S/C18H29N/c1-3-12-19-15-18(10-5-4-6-11-18)14-17-9-7-8-16(2)13-17/h7-9,13,19H,3-6,10-12,14-15H2,1-2H3. The number of hydrogen-bond donors (Lipinski definition) is 1. The van der Waals surface area contributed by atoms with E-state index in [-0.39, 0.29) is 0 Å². The molecule has 0 saturated heterocycles.